The first-order valence-electron chi connectivity index (χ1n) is 10.4. The number of ether oxygens (including phenoxy) is 3. The Bertz CT molecular complexity index is 770. The molecule has 1 atom stereocenters. The molecule has 0 spiro atoms. The van der Waals surface area contributed by atoms with E-state index in [0.717, 1.165) is 25.7 Å². The second-order valence-corrected chi connectivity index (χ2v) is 10.3. The number of carbonyl (C=O) groups excluding carboxylic acids is 2. The van der Waals surface area contributed by atoms with Gasteiger partial charge in [0.2, 0.25) is 0 Å². The lowest BCUT2D eigenvalue weighted by Gasteiger charge is -2.60. The van der Waals surface area contributed by atoms with Gasteiger partial charge in [-0.15, -0.1) is 0 Å². The number of halogens is 2. The molecule has 0 amide bonds. The summed E-state index contributed by atoms with van der Waals surface area (Å²) >= 11 is 0. The van der Waals surface area contributed by atoms with Crippen LogP contribution in [0.5, 0.6) is 0 Å². The molecule has 0 aromatic rings. The van der Waals surface area contributed by atoms with E-state index in [0.29, 0.717) is 30.1 Å². The summed E-state index contributed by atoms with van der Waals surface area (Å²) in [5.41, 5.74) is -0.497. The van der Waals surface area contributed by atoms with Crippen molar-refractivity contribution < 1.29 is 50.7 Å². The second-order valence-electron chi connectivity index (χ2n) is 8.85. The summed E-state index contributed by atoms with van der Waals surface area (Å²) in [6, 6.07) is 0. The summed E-state index contributed by atoms with van der Waals surface area (Å²) in [5, 5.41) is 4.50. The van der Waals surface area contributed by atoms with E-state index in [2.05, 4.69) is 4.74 Å². The molecule has 4 rings (SSSR count). The molecule has 4 bridgehead atoms. The predicted octanol–water partition coefficient (Wildman–Crippen LogP) is 1.54. The van der Waals surface area contributed by atoms with Gasteiger partial charge in [-0.05, 0) is 62.2 Å². The standard InChI is InChI=1S/C19H28F2O9S/c1-2-18(13-4-11-3-12(6-13)7-14(18)5-11)30-16(23)10-28-8-15(22)9-29-17(24)19(20,21)31(25,26)27/h11-15,22H,2-10H2,1H3,(H,25,26,27). The van der Waals surface area contributed by atoms with Crippen LogP contribution >= 0.6 is 0 Å². The third-order valence-corrected chi connectivity index (χ3v) is 7.69. The molecular formula is C19H28F2O9S. The van der Waals surface area contributed by atoms with Gasteiger partial charge in [0.1, 0.15) is 24.9 Å². The van der Waals surface area contributed by atoms with Gasteiger partial charge in [-0.25, -0.2) is 9.59 Å². The highest BCUT2D eigenvalue weighted by molar-refractivity contribution is 7.87. The van der Waals surface area contributed by atoms with Crippen LogP contribution in [0.3, 0.4) is 0 Å². The maximum absolute atomic E-state index is 13.1. The number of hydrogen-bond donors (Lipinski definition) is 2. The minimum Gasteiger partial charge on any atom is -0.457 e. The summed E-state index contributed by atoms with van der Waals surface area (Å²) in [5.74, 6) is -1.01. The molecule has 0 aliphatic heterocycles. The van der Waals surface area contributed by atoms with E-state index in [1.165, 1.54) is 6.42 Å². The quantitative estimate of drug-likeness (QED) is 0.360. The summed E-state index contributed by atoms with van der Waals surface area (Å²) < 4.78 is 70.3. The number of carbonyl (C=O) groups is 2. The van der Waals surface area contributed by atoms with Crippen molar-refractivity contribution >= 4 is 22.1 Å². The maximum Gasteiger partial charge on any atom is 0.465 e. The van der Waals surface area contributed by atoms with Gasteiger partial charge in [0, 0.05) is 0 Å². The minimum absolute atomic E-state index is 0.340. The van der Waals surface area contributed by atoms with Crippen molar-refractivity contribution in [2.45, 2.75) is 62.4 Å². The monoisotopic (exact) mass is 470 g/mol. The van der Waals surface area contributed by atoms with E-state index in [1.54, 1.807) is 0 Å². The molecule has 9 nitrogen and oxygen atoms in total. The average molecular weight is 470 g/mol. The zero-order valence-corrected chi connectivity index (χ0v) is 18.0. The van der Waals surface area contributed by atoms with Crippen LogP contribution in [0.4, 0.5) is 8.78 Å². The Balaban J connectivity index is 1.42. The van der Waals surface area contributed by atoms with Crippen molar-refractivity contribution in [3.63, 3.8) is 0 Å². The molecule has 12 heteroatoms. The van der Waals surface area contributed by atoms with Crippen LogP contribution < -0.4 is 0 Å². The second kappa shape index (κ2) is 8.87. The van der Waals surface area contributed by atoms with Crippen LogP contribution in [-0.2, 0) is 33.9 Å². The predicted molar refractivity (Wildman–Crippen MR) is 100 cm³/mol. The number of aliphatic hydroxyl groups is 1. The first-order valence-corrected chi connectivity index (χ1v) is 11.8. The molecule has 4 aliphatic rings. The molecule has 0 saturated heterocycles. The van der Waals surface area contributed by atoms with Crippen LogP contribution in [0.15, 0.2) is 0 Å². The van der Waals surface area contributed by atoms with E-state index in [4.69, 9.17) is 14.0 Å². The van der Waals surface area contributed by atoms with Crippen molar-refractivity contribution in [1.82, 2.24) is 0 Å². The number of esters is 2. The van der Waals surface area contributed by atoms with Gasteiger partial charge in [-0.2, -0.15) is 17.2 Å². The van der Waals surface area contributed by atoms with E-state index in [-0.39, 0.29) is 0 Å². The van der Waals surface area contributed by atoms with Crippen LogP contribution in [0.2, 0.25) is 0 Å². The van der Waals surface area contributed by atoms with Crippen molar-refractivity contribution in [2.24, 2.45) is 23.7 Å². The average Bonchev–Trinajstić information content (AvgIpc) is 2.67. The van der Waals surface area contributed by atoms with Crippen molar-refractivity contribution in [1.29, 1.82) is 0 Å². The lowest BCUT2D eigenvalue weighted by molar-refractivity contribution is -0.214. The molecule has 4 aliphatic carbocycles. The Morgan fingerprint density at radius 2 is 1.65 bits per heavy atom. The molecule has 0 heterocycles. The van der Waals surface area contributed by atoms with Crippen LogP contribution in [-0.4, -0.2) is 66.8 Å². The summed E-state index contributed by atoms with van der Waals surface area (Å²) in [6.45, 7) is -0.00212. The number of rotatable bonds is 10. The van der Waals surface area contributed by atoms with Crippen LogP contribution in [0.1, 0.15) is 45.4 Å². The van der Waals surface area contributed by atoms with Crippen molar-refractivity contribution in [3.05, 3.63) is 0 Å². The topological polar surface area (TPSA) is 136 Å². The third-order valence-electron chi connectivity index (χ3n) is 6.88. The smallest absolute Gasteiger partial charge is 0.457 e. The lowest BCUT2D eigenvalue weighted by atomic mass is 9.49. The van der Waals surface area contributed by atoms with Crippen molar-refractivity contribution in [2.75, 3.05) is 19.8 Å². The Hall–Kier alpha value is -1.37. The van der Waals surface area contributed by atoms with Gasteiger partial charge < -0.3 is 19.3 Å². The normalized spacial score (nSPS) is 33.2. The van der Waals surface area contributed by atoms with E-state index in [1.807, 2.05) is 6.92 Å². The minimum atomic E-state index is -5.99. The largest absolute Gasteiger partial charge is 0.465 e. The van der Waals surface area contributed by atoms with Crippen LogP contribution in [0.25, 0.3) is 0 Å². The summed E-state index contributed by atoms with van der Waals surface area (Å²) in [4.78, 5) is 23.5. The molecule has 0 radical (unpaired) electrons. The Labute approximate surface area is 179 Å². The van der Waals surface area contributed by atoms with Gasteiger partial charge in [0.15, 0.2) is 0 Å². The van der Waals surface area contributed by atoms with Crippen LogP contribution in [0, 0.1) is 23.7 Å². The summed E-state index contributed by atoms with van der Waals surface area (Å²) in [6.07, 6.45) is 4.65. The molecule has 178 valence electrons. The number of alkyl halides is 2. The highest BCUT2D eigenvalue weighted by Crippen LogP contribution is 2.60. The van der Waals surface area contributed by atoms with Gasteiger partial charge in [0.25, 0.3) is 0 Å². The fraction of sp³-hybridized carbons (Fsp3) is 0.895. The van der Waals surface area contributed by atoms with E-state index >= 15 is 0 Å². The molecule has 4 fully saturated rings. The number of aliphatic hydroxyl groups excluding tert-OH is 1. The first-order chi connectivity index (χ1) is 14.4. The number of hydrogen-bond acceptors (Lipinski definition) is 8. The highest BCUT2D eigenvalue weighted by atomic mass is 32.2. The van der Waals surface area contributed by atoms with Gasteiger partial charge >= 0.3 is 27.3 Å². The SMILES string of the molecule is CCC1(OC(=O)COCC(O)COC(=O)C(F)(F)S(=O)(=O)O)C2CC3CC(C2)CC1C3. The Morgan fingerprint density at radius 1 is 1.10 bits per heavy atom. The Kier molecular flexibility index (Phi) is 6.95. The Morgan fingerprint density at radius 3 is 2.13 bits per heavy atom. The van der Waals surface area contributed by atoms with Crippen molar-refractivity contribution in [3.8, 4) is 0 Å². The van der Waals surface area contributed by atoms with Gasteiger partial charge in [-0.1, -0.05) is 6.92 Å². The molecule has 0 aromatic carbocycles. The molecular weight excluding hydrogens is 442 g/mol. The molecule has 31 heavy (non-hydrogen) atoms. The fourth-order valence-electron chi connectivity index (χ4n) is 5.73. The molecule has 2 N–H and O–H groups in total. The maximum atomic E-state index is 13.1. The van der Waals surface area contributed by atoms with Gasteiger partial charge in [0.05, 0.1) is 6.61 Å². The zero-order chi connectivity index (χ0) is 23.0. The molecule has 1 unspecified atom stereocenters. The van der Waals surface area contributed by atoms with E-state index < -0.39 is 58.8 Å². The molecule has 4 saturated carbocycles. The fourth-order valence-corrected chi connectivity index (χ4v) is 6.00. The molecule has 0 aromatic heterocycles. The highest BCUT2D eigenvalue weighted by Gasteiger charge is 2.58. The lowest BCUT2D eigenvalue weighted by Crippen LogP contribution is -2.59. The summed E-state index contributed by atoms with van der Waals surface area (Å²) in [7, 11) is -5.99. The van der Waals surface area contributed by atoms with E-state index in [9.17, 15) is 31.9 Å². The van der Waals surface area contributed by atoms with Gasteiger partial charge in [-0.3, -0.25) is 4.55 Å². The first kappa shape index (κ1) is 24.3. The zero-order valence-electron chi connectivity index (χ0n) is 17.2. The third kappa shape index (κ3) is 4.86.